The van der Waals surface area contributed by atoms with E-state index in [4.69, 9.17) is 10.5 Å². The molecule has 0 spiro atoms. The van der Waals surface area contributed by atoms with Crippen molar-refractivity contribution < 1.29 is 4.21 Å². The van der Waals surface area contributed by atoms with Crippen molar-refractivity contribution in [1.29, 1.82) is 4.78 Å². The molecule has 8 heteroatoms. The predicted molar refractivity (Wildman–Crippen MR) is 94.4 cm³/mol. The topological polar surface area (TPSA) is 111 Å². The Morgan fingerprint density at radius 2 is 1.83 bits per heavy atom. The fourth-order valence-corrected chi connectivity index (χ4v) is 3.19. The summed E-state index contributed by atoms with van der Waals surface area (Å²) in [4.78, 5) is 12.8. The summed E-state index contributed by atoms with van der Waals surface area (Å²) in [5.41, 5.74) is 9.26. The third kappa shape index (κ3) is 2.84. The molecule has 0 aliphatic carbocycles. The van der Waals surface area contributed by atoms with Crippen molar-refractivity contribution in [2.45, 2.75) is 32.5 Å². The van der Waals surface area contributed by atoms with E-state index in [1.165, 1.54) is 5.56 Å². The Labute approximate surface area is 140 Å². The van der Waals surface area contributed by atoms with Gasteiger partial charge in [0.05, 0.1) is 6.54 Å². The fourth-order valence-electron chi connectivity index (χ4n) is 2.45. The summed E-state index contributed by atoms with van der Waals surface area (Å²) in [7, 11) is -3.04. The molecule has 1 atom stereocenters. The van der Waals surface area contributed by atoms with E-state index in [1.54, 1.807) is 6.92 Å². The number of fused-ring (bicyclic) bond motifs is 1. The first kappa shape index (κ1) is 16.4. The lowest BCUT2D eigenvalue weighted by Gasteiger charge is -2.09. The third-order valence-corrected chi connectivity index (χ3v) is 5.54. The van der Waals surface area contributed by atoms with Crippen LogP contribution in [-0.2, 0) is 16.3 Å². The van der Waals surface area contributed by atoms with Gasteiger partial charge in [0, 0.05) is 5.75 Å². The maximum Gasteiger partial charge on any atom is 0.231 e. The quantitative estimate of drug-likeness (QED) is 0.706. The van der Waals surface area contributed by atoms with E-state index in [1.807, 2.05) is 42.7 Å². The van der Waals surface area contributed by atoms with E-state index >= 15 is 0 Å². The third-order valence-electron chi connectivity index (χ3n) is 3.95. The van der Waals surface area contributed by atoms with Crippen LogP contribution in [0.1, 0.15) is 23.9 Å². The van der Waals surface area contributed by atoms with Gasteiger partial charge < -0.3 is 10.3 Å². The van der Waals surface area contributed by atoms with E-state index in [9.17, 15) is 4.21 Å². The van der Waals surface area contributed by atoms with Crippen LogP contribution in [0.3, 0.4) is 0 Å². The highest BCUT2D eigenvalue weighted by Gasteiger charge is 2.19. The number of nitrogen functional groups attached to an aromatic ring is 1. The van der Waals surface area contributed by atoms with E-state index in [0.29, 0.717) is 17.7 Å². The van der Waals surface area contributed by atoms with Crippen molar-refractivity contribution in [2.24, 2.45) is 0 Å². The van der Waals surface area contributed by atoms with Gasteiger partial charge >= 0.3 is 0 Å². The summed E-state index contributed by atoms with van der Waals surface area (Å²) >= 11 is 0. The number of benzene rings is 1. The molecule has 3 aromatic rings. The first-order chi connectivity index (χ1) is 11.3. The SMILES string of the molecule is CC[S@@](=N)(=O)c1nc(N)c2nc(C)n(Cc3ccc(C)cc3)c2n1. The summed E-state index contributed by atoms with van der Waals surface area (Å²) in [6, 6.07) is 8.19. The molecule has 2 aromatic heterocycles. The molecule has 7 nitrogen and oxygen atoms in total. The van der Waals surface area contributed by atoms with Crippen molar-refractivity contribution in [3.63, 3.8) is 0 Å². The Hall–Kier alpha value is -2.48. The highest BCUT2D eigenvalue weighted by atomic mass is 32.2. The number of hydrogen-bond acceptors (Lipinski definition) is 6. The predicted octanol–water partition coefficient (Wildman–Crippen LogP) is 2.50. The summed E-state index contributed by atoms with van der Waals surface area (Å²) in [5.74, 6) is 1.05. The standard InChI is InChI=1S/C16H20N6OS/c1-4-24(18,23)16-20-14(17)13-15(21-16)22(11(3)19-13)9-12-7-5-10(2)6-8-12/h5-8,18H,4,9H2,1-3H3,(H2,17,20,21)/t24-/m1/s1. The Kier molecular flexibility index (Phi) is 4.00. The molecule has 0 saturated carbocycles. The van der Waals surface area contributed by atoms with Gasteiger partial charge in [0.2, 0.25) is 5.16 Å². The van der Waals surface area contributed by atoms with Crippen LogP contribution < -0.4 is 5.73 Å². The zero-order valence-corrected chi connectivity index (χ0v) is 14.7. The maximum atomic E-state index is 12.3. The van der Waals surface area contributed by atoms with Crippen molar-refractivity contribution in [1.82, 2.24) is 19.5 Å². The van der Waals surface area contributed by atoms with Crippen LogP contribution in [0.15, 0.2) is 29.4 Å². The second-order valence-electron chi connectivity index (χ2n) is 5.76. The zero-order valence-electron chi connectivity index (χ0n) is 13.9. The van der Waals surface area contributed by atoms with Gasteiger partial charge in [-0.05, 0) is 19.4 Å². The van der Waals surface area contributed by atoms with E-state index in [-0.39, 0.29) is 16.7 Å². The van der Waals surface area contributed by atoms with Crippen LogP contribution in [-0.4, -0.2) is 29.5 Å². The average Bonchev–Trinajstić information content (AvgIpc) is 2.86. The van der Waals surface area contributed by atoms with Crippen LogP contribution in [0.4, 0.5) is 5.82 Å². The Morgan fingerprint density at radius 1 is 1.17 bits per heavy atom. The summed E-state index contributed by atoms with van der Waals surface area (Å²) in [6.45, 7) is 6.15. The van der Waals surface area contributed by atoms with E-state index < -0.39 is 9.73 Å². The summed E-state index contributed by atoms with van der Waals surface area (Å²) in [6.07, 6.45) is 0. The molecular formula is C16H20N6OS. The van der Waals surface area contributed by atoms with Gasteiger partial charge in [-0.2, -0.15) is 4.98 Å². The Morgan fingerprint density at radius 3 is 2.46 bits per heavy atom. The normalized spacial score (nSPS) is 14.0. The number of rotatable bonds is 4. The van der Waals surface area contributed by atoms with Crippen LogP contribution in [0.2, 0.25) is 0 Å². The molecule has 0 bridgehead atoms. The molecular weight excluding hydrogens is 324 g/mol. The van der Waals surface area contributed by atoms with Gasteiger partial charge in [0.1, 0.15) is 15.6 Å². The van der Waals surface area contributed by atoms with Crippen molar-refractivity contribution >= 4 is 26.7 Å². The number of aryl methyl sites for hydroxylation is 2. The van der Waals surface area contributed by atoms with Gasteiger partial charge in [-0.3, -0.25) is 0 Å². The average molecular weight is 344 g/mol. The number of nitrogens with one attached hydrogen (secondary N) is 1. The number of nitrogens with zero attached hydrogens (tertiary/aromatic N) is 4. The zero-order chi connectivity index (χ0) is 17.5. The molecule has 0 aliphatic rings. The number of hydrogen-bond donors (Lipinski definition) is 2. The second kappa shape index (κ2) is 5.86. The van der Waals surface area contributed by atoms with Gasteiger partial charge in [0.15, 0.2) is 17.0 Å². The Bertz CT molecular complexity index is 1010. The lowest BCUT2D eigenvalue weighted by molar-refractivity contribution is 0.667. The maximum absolute atomic E-state index is 12.3. The number of aromatic nitrogens is 4. The number of anilines is 1. The van der Waals surface area contributed by atoms with Crippen molar-refractivity contribution in [2.75, 3.05) is 11.5 Å². The van der Waals surface area contributed by atoms with Crippen molar-refractivity contribution in [3.8, 4) is 0 Å². The molecule has 0 amide bonds. The molecule has 0 aliphatic heterocycles. The van der Waals surface area contributed by atoms with Gasteiger partial charge in [-0.1, -0.05) is 36.8 Å². The largest absolute Gasteiger partial charge is 0.382 e. The smallest absolute Gasteiger partial charge is 0.231 e. The van der Waals surface area contributed by atoms with Crippen LogP contribution in [0.5, 0.6) is 0 Å². The monoisotopic (exact) mass is 344 g/mol. The molecule has 24 heavy (non-hydrogen) atoms. The van der Waals surface area contributed by atoms with Gasteiger partial charge in [-0.25, -0.2) is 19.0 Å². The van der Waals surface area contributed by atoms with E-state index in [0.717, 1.165) is 11.4 Å². The van der Waals surface area contributed by atoms with Crippen LogP contribution in [0, 0.1) is 18.6 Å². The first-order valence-corrected chi connectivity index (χ1v) is 9.37. The van der Waals surface area contributed by atoms with Crippen molar-refractivity contribution in [3.05, 3.63) is 41.2 Å². The molecule has 0 unspecified atom stereocenters. The molecule has 3 N–H and O–H groups in total. The molecule has 0 radical (unpaired) electrons. The minimum Gasteiger partial charge on any atom is -0.382 e. The lowest BCUT2D eigenvalue weighted by atomic mass is 10.1. The minimum atomic E-state index is -3.04. The first-order valence-electron chi connectivity index (χ1n) is 7.64. The van der Waals surface area contributed by atoms with Crippen LogP contribution in [0.25, 0.3) is 11.2 Å². The Balaban J connectivity index is 2.17. The minimum absolute atomic E-state index is 0.0277. The molecule has 2 heterocycles. The molecule has 126 valence electrons. The molecule has 0 fully saturated rings. The number of nitrogens with two attached hydrogens (primary N) is 1. The van der Waals surface area contributed by atoms with Gasteiger partial charge in [-0.15, -0.1) is 0 Å². The van der Waals surface area contributed by atoms with E-state index in [2.05, 4.69) is 15.0 Å². The molecule has 3 rings (SSSR count). The molecule has 1 aromatic carbocycles. The van der Waals surface area contributed by atoms with Crippen LogP contribution >= 0.6 is 0 Å². The summed E-state index contributed by atoms with van der Waals surface area (Å²) < 4.78 is 22.2. The second-order valence-corrected chi connectivity index (χ2v) is 8.05. The molecule has 0 saturated heterocycles. The highest BCUT2D eigenvalue weighted by molar-refractivity contribution is 7.92. The number of imidazole rings is 1. The summed E-state index contributed by atoms with van der Waals surface area (Å²) in [5, 5.41) is -0.0277. The van der Waals surface area contributed by atoms with Gasteiger partial charge in [0.25, 0.3) is 0 Å². The highest BCUT2D eigenvalue weighted by Crippen LogP contribution is 2.22. The fraction of sp³-hybridized carbons (Fsp3) is 0.312. The lowest BCUT2D eigenvalue weighted by Crippen LogP contribution is -2.11.